The van der Waals surface area contributed by atoms with Crippen molar-refractivity contribution < 1.29 is 14.2 Å². The third kappa shape index (κ3) is 14.7. The first-order valence-corrected chi connectivity index (χ1v) is 32.0. The van der Waals surface area contributed by atoms with Gasteiger partial charge in [0.05, 0.1) is 72.1 Å². The van der Waals surface area contributed by atoms with Gasteiger partial charge in [0.15, 0.2) is 0 Å². The molecular weight excluding hydrogens is 1130 g/mol. The summed E-state index contributed by atoms with van der Waals surface area (Å²) in [6.45, 7) is 8.64. The molecule has 0 aliphatic rings. The van der Waals surface area contributed by atoms with Gasteiger partial charge in [-0.2, -0.15) is 41.2 Å². The van der Waals surface area contributed by atoms with Gasteiger partial charge in [-0.25, -0.2) is 0 Å². The topological polar surface area (TPSA) is 182 Å². The molecule has 12 rings (SSSR count). The van der Waals surface area contributed by atoms with Crippen molar-refractivity contribution in [3.05, 3.63) is 128 Å². The van der Waals surface area contributed by atoms with E-state index in [1.54, 1.807) is 52.6 Å². The smallest absolute Gasteiger partial charge is 0.233 e. The van der Waals surface area contributed by atoms with Crippen molar-refractivity contribution in [3.8, 4) is 81.1 Å². The summed E-state index contributed by atoms with van der Waals surface area (Å²) in [5.74, 6) is 1.99. The molecule has 0 radical (unpaired) electrons. The normalized spacial score (nSPS) is 11.1. The summed E-state index contributed by atoms with van der Waals surface area (Å²) >= 11 is 8.46. The van der Waals surface area contributed by atoms with E-state index in [4.69, 9.17) is 29.2 Å². The van der Waals surface area contributed by atoms with Crippen LogP contribution in [0.5, 0.6) is 17.6 Å². The minimum absolute atomic E-state index is 0.664. The lowest BCUT2D eigenvalue weighted by molar-refractivity contribution is 0.297. The third-order valence-electron chi connectivity index (χ3n) is 12.7. The summed E-state index contributed by atoms with van der Waals surface area (Å²) in [4.78, 5) is 30.5. The van der Waals surface area contributed by atoms with Crippen LogP contribution in [0.2, 0.25) is 0 Å². The zero-order valence-electron chi connectivity index (χ0n) is 45.3. The largest absolute Gasteiger partial charge is 0.477 e. The molecule has 0 atom stereocenters. The molecule has 81 heavy (non-hydrogen) atoms. The first-order valence-electron chi connectivity index (χ1n) is 27.4. The van der Waals surface area contributed by atoms with Gasteiger partial charge in [-0.15, -0.1) is 34.0 Å². The molecule has 0 spiro atoms. The van der Waals surface area contributed by atoms with Crippen LogP contribution in [-0.2, 0) is 0 Å². The van der Waals surface area contributed by atoms with Crippen LogP contribution in [0.15, 0.2) is 128 Å². The summed E-state index contributed by atoms with van der Waals surface area (Å²) in [6.07, 6.45) is 19.3. The Morgan fingerprint density at radius 3 is 0.938 bits per heavy atom. The first kappa shape index (κ1) is 57.1. The first-order chi connectivity index (χ1) is 40.1. The Hall–Kier alpha value is -7.14. The highest BCUT2D eigenvalue weighted by Crippen LogP contribution is 2.45. The number of nitrogens with zero attached hydrogens (tertiary/aromatic N) is 12. The van der Waals surface area contributed by atoms with E-state index in [1.165, 1.54) is 93.0 Å². The van der Waals surface area contributed by atoms with E-state index in [-0.39, 0.29) is 0 Å². The van der Waals surface area contributed by atoms with Gasteiger partial charge in [-0.1, -0.05) is 133 Å². The number of ether oxygens (including phenoxy) is 3. The molecule has 0 bridgehead atoms. The summed E-state index contributed by atoms with van der Waals surface area (Å²) in [5.41, 5.74) is 11.0. The van der Waals surface area contributed by atoms with Gasteiger partial charge in [0.2, 0.25) is 17.6 Å². The Bertz CT molecular complexity index is 3430. The molecular formula is C60H60N12O3S6. The van der Waals surface area contributed by atoms with Gasteiger partial charge in [0, 0.05) is 35.3 Å². The maximum atomic E-state index is 6.09. The zero-order chi connectivity index (χ0) is 55.4. The fraction of sp³-hybridized carbons (Fsp3) is 0.300. The van der Waals surface area contributed by atoms with Crippen LogP contribution in [0.25, 0.3) is 96.5 Å². The molecule has 15 nitrogen and oxygen atoms in total. The molecule has 0 aliphatic carbocycles. The van der Waals surface area contributed by atoms with Gasteiger partial charge in [-0.05, 0) is 73.9 Å². The number of hydrogen-bond donors (Lipinski definition) is 0. The van der Waals surface area contributed by atoms with Crippen LogP contribution < -0.4 is 14.2 Å². The number of hydrogen-bond acceptors (Lipinski definition) is 21. The SMILES string of the molecule is CCCCCCOc1nc(-c2ccccn2)sc1-c1cccc2nsnc12.CCCCCCOc1nc(-c2ccccn2)sc1-c1cccc2nsnc12.CCCCCCOc1nc(-c2ccccn2)sc1-c1cccc2nsnc12. The van der Waals surface area contributed by atoms with E-state index in [2.05, 4.69) is 80.2 Å². The van der Waals surface area contributed by atoms with E-state index < -0.39 is 0 Å². The van der Waals surface area contributed by atoms with Crippen LogP contribution in [0.3, 0.4) is 0 Å². The molecule has 0 amide bonds. The Balaban J connectivity index is 0.000000136. The van der Waals surface area contributed by atoms with Gasteiger partial charge < -0.3 is 14.2 Å². The lowest BCUT2D eigenvalue weighted by atomic mass is 10.1. The van der Waals surface area contributed by atoms with E-state index in [1.807, 2.05) is 91.0 Å². The van der Waals surface area contributed by atoms with Crippen LogP contribution in [-0.4, -0.2) is 76.0 Å². The Kier molecular flexibility index (Phi) is 20.8. The van der Waals surface area contributed by atoms with E-state index >= 15 is 0 Å². The molecule has 0 saturated heterocycles. The molecule has 0 unspecified atom stereocenters. The fourth-order valence-electron chi connectivity index (χ4n) is 8.58. The molecule has 9 heterocycles. The van der Waals surface area contributed by atoms with Crippen molar-refractivity contribution >= 4 is 102 Å². The van der Waals surface area contributed by atoms with Gasteiger partial charge in [0.25, 0.3) is 0 Å². The van der Waals surface area contributed by atoms with E-state index in [9.17, 15) is 0 Å². The van der Waals surface area contributed by atoms with Crippen molar-refractivity contribution in [3.63, 3.8) is 0 Å². The number of benzene rings is 3. The standard InChI is InChI=1S/3C20H20N4OS2/c3*1-2-3-4-7-13-25-19-18(14-9-8-11-15-17(14)24-27-23-15)26-20(22-19)16-10-5-6-12-21-16/h3*5-6,8-12H,2-4,7,13H2,1H3. The molecule has 21 heteroatoms. The molecule has 0 fully saturated rings. The molecule has 3 aromatic carbocycles. The number of thiazole rings is 3. The summed E-state index contributed by atoms with van der Waals surface area (Å²) in [6, 6.07) is 35.7. The zero-order valence-corrected chi connectivity index (χ0v) is 50.2. The van der Waals surface area contributed by atoms with Crippen LogP contribution >= 0.6 is 69.2 Å². The fourth-order valence-corrected chi connectivity index (χ4v) is 13.3. The number of fused-ring (bicyclic) bond motifs is 3. The molecule has 12 aromatic rings. The predicted molar refractivity (Wildman–Crippen MR) is 334 cm³/mol. The summed E-state index contributed by atoms with van der Waals surface area (Å²) in [5, 5.41) is 2.57. The van der Waals surface area contributed by atoms with Gasteiger partial charge in [0.1, 0.15) is 62.8 Å². The quantitative estimate of drug-likeness (QED) is 0.0521. The molecule has 414 valence electrons. The molecule has 0 saturated carbocycles. The number of pyridine rings is 3. The maximum absolute atomic E-state index is 6.09. The third-order valence-corrected chi connectivity index (χ3v) is 17.6. The second-order valence-corrected chi connectivity index (χ2v) is 23.2. The van der Waals surface area contributed by atoms with E-state index in [0.717, 1.165) is 116 Å². The second-order valence-electron chi connectivity index (χ2n) is 18.6. The van der Waals surface area contributed by atoms with Crippen molar-refractivity contribution in [2.24, 2.45) is 0 Å². The average Bonchev–Trinajstić information content (AvgIpc) is 4.43. The van der Waals surface area contributed by atoms with Crippen LogP contribution in [0.4, 0.5) is 0 Å². The van der Waals surface area contributed by atoms with Crippen molar-refractivity contribution in [1.82, 2.24) is 56.1 Å². The average molecular weight is 1190 g/mol. The predicted octanol–water partition coefficient (Wildman–Crippen LogP) is 17.5. The Labute approximate surface area is 495 Å². The Morgan fingerprint density at radius 2 is 0.654 bits per heavy atom. The van der Waals surface area contributed by atoms with Crippen molar-refractivity contribution in [2.75, 3.05) is 19.8 Å². The highest BCUT2D eigenvalue weighted by atomic mass is 32.1. The second kappa shape index (κ2) is 29.5. The van der Waals surface area contributed by atoms with Crippen molar-refractivity contribution in [1.29, 1.82) is 0 Å². The minimum atomic E-state index is 0.664. The van der Waals surface area contributed by atoms with E-state index in [0.29, 0.717) is 37.5 Å². The number of rotatable bonds is 24. The molecule has 0 N–H and O–H groups in total. The maximum Gasteiger partial charge on any atom is 0.233 e. The minimum Gasteiger partial charge on any atom is -0.477 e. The summed E-state index contributed by atoms with van der Waals surface area (Å²) in [7, 11) is 0. The highest BCUT2D eigenvalue weighted by molar-refractivity contribution is 7.19. The van der Waals surface area contributed by atoms with Gasteiger partial charge in [-0.3, -0.25) is 15.0 Å². The molecule has 0 aliphatic heterocycles. The highest BCUT2D eigenvalue weighted by Gasteiger charge is 2.23. The number of aromatic nitrogens is 12. The monoisotopic (exact) mass is 1190 g/mol. The summed E-state index contributed by atoms with van der Waals surface area (Å²) < 4.78 is 44.8. The lowest BCUT2D eigenvalue weighted by Crippen LogP contribution is -1.98. The van der Waals surface area contributed by atoms with Gasteiger partial charge >= 0.3 is 0 Å². The van der Waals surface area contributed by atoms with Crippen molar-refractivity contribution in [2.45, 2.75) is 97.8 Å². The lowest BCUT2D eigenvalue weighted by Gasteiger charge is -2.06. The molecule has 9 aromatic heterocycles. The number of unbranched alkanes of at least 4 members (excludes halogenated alkanes) is 9. The Morgan fingerprint density at radius 1 is 0.333 bits per heavy atom. The van der Waals surface area contributed by atoms with Crippen LogP contribution in [0.1, 0.15) is 97.8 Å². The van der Waals surface area contributed by atoms with Crippen LogP contribution in [0, 0.1) is 0 Å².